The minimum atomic E-state index is -4.72. The Balaban J connectivity index is 0. The normalized spacial score (nSPS) is 11.0. The van der Waals surface area contributed by atoms with Gasteiger partial charge in [0.15, 0.2) is 0 Å². The summed E-state index contributed by atoms with van der Waals surface area (Å²) in [4.78, 5) is 19.9. The third kappa shape index (κ3) is 15.6. The van der Waals surface area contributed by atoms with Gasteiger partial charge in [0.2, 0.25) is 0 Å². The third-order valence-electron chi connectivity index (χ3n) is 1.50. The number of unbranched alkanes of at least 4 members (excludes halogenated alkanes) is 4. The van der Waals surface area contributed by atoms with E-state index < -0.39 is 7.82 Å². The fourth-order valence-electron chi connectivity index (χ4n) is 0.882. The van der Waals surface area contributed by atoms with E-state index in [1.807, 2.05) is 0 Å². The van der Waals surface area contributed by atoms with Gasteiger partial charge in [-0.2, -0.15) is 0 Å². The zero-order chi connectivity index (χ0) is 9.45. The van der Waals surface area contributed by atoms with Crippen LogP contribution in [0.3, 0.4) is 0 Å². The largest absolute Gasteiger partial charge is 2.00 e. The predicted molar refractivity (Wildman–Crippen MR) is 48.1 cm³/mol. The molecule has 0 heterocycles. The van der Waals surface area contributed by atoms with Gasteiger partial charge in [-0.3, -0.25) is 0 Å². The van der Waals surface area contributed by atoms with Gasteiger partial charge in [0.1, 0.15) is 0 Å². The Bertz CT molecular complexity index is 147. The van der Waals surface area contributed by atoms with Crippen molar-refractivity contribution in [3.8, 4) is 0 Å². The Morgan fingerprint density at radius 1 is 1.15 bits per heavy atom. The Morgan fingerprint density at radius 2 is 1.69 bits per heavy atom. The number of phosphoric acid groups is 1. The fraction of sp³-hybridized carbons (Fsp3) is 1.00. The molecule has 4 nitrogen and oxygen atoms in total. The molecule has 0 saturated heterocycles. The van der Waals surface area contributed by atoms with Crippen LogP contribution in [0.2, 0.25) is 0 Å². The van der Waals surface area contributed by atoms with E-state index in [9.17, 15) is 14.4 Å². The topological polar surface area (TPSA) is 72.4 Å². The molecule has 0 radical (unpaired) electrons. The first-order valence-electron chi connectivity index (χ1n) is 4.23. The van der Waals surface area contributed by atoms with Gasteiger partial charge in [0, 0.05) is 0 Å². The molecule has 0 aliphatic heterocycles. The molecule has 0 aromatic rings. The molecule has 0 spiro atoms. The smallest absolute Gasteiger partial charge is 0.790 e. The molecule has 0 aromatic heterocycles. The summed E-state index contributed by atoms with van der Waals surface area (Å²) < 4.78 is 14.0. The van der Waals surface area contributed by atoms with E-state index >= 15 is 0 Å². The molecule has 0 N–H and O–H groups in total. The van der Waals surface area contributed by atoms with E-state index in [4.69, 9.17) is 0 Å². The quantitative estimate of drug-likeness (QED) is 0.353. The van der Waals surface area contributed by atoms with Crippen molar-refractivity contribution < 1.29 is 18.9 Å². The Labute approximate surface area is 95.5 Å². The molecular weight excluding hydrogens is 203 g/mol. The molecule has 0 atom stereocenters. The minimum Gasteiger partial charge on any atom is -0.790 e. The van der Waals surface area contributed by atoms with E-state index in [2.05, 4.69) is 11.4 Å². The SMILES string of the molecule is CCCCCCCOP(=O)([O-])[O-].[Mg+2]. The van der Waals surface area contributed by atoms with Crippen molar-refractivity contribution in [1.29, 1.82) is 0 Å². The third-order valence-corrected chi connectivity index (χ3v) is 2.00. The summed E-state index contributed by atoms with van der Waals surface area (Å²) >= 11 is 0. The Morgan fingerprint density at radius 3 is 2.15 bits per heavy atom. The minimum absolute atomic E-state index is 0. The molecule has 0 saturated carbocycles. The van der Waals surface area contributed by atoms with Crippen LogP contribution in [0, 0.1) is 0 Å². The molecule has 74 valence electrons. The van der Waals surface area contributed by atoms with Gasteiger partial charge in [-0.1, -0.05) is 32.6 Å². The van der Waals surface area contributed by atoms with Crippen molar-refractivity contribution in [2.75, 3.05) is 6.61 Å². The van der Waals surface area contributed by atoms with Gasteiger partial charge in [-0.25, -0.2) is 0 Å². The van der Waals surface area contributed by atoms with E-state index in [-0.39, 0.29) is 29.7 Å². The second kappa shape index (κ2) is 9.43. The summed E-state index contributed by atoms with van der Waals surface area (Å²) in [6.45, 7) is 2.13. The van der Waals surface area contributed by atoms with Crippen molar-refractivity contribution in [1.82, 2.24) is 0 Å². The maximum absolute atomic E-state index is 9.97. The van der Waals surface area contributed by atoms with Crippen molar-refractivity contribution >= 4 is 30.9 Å². The van der Waals surface area contributed by atoms with Crippen LogP contribution in [0.25, 0.3) is 0 Å². The summed E-state index contributed by atoms with van der Waals surface area (Å²) in [6.07, 6.45) is 4.93. The molecule has 0 aliphatic rings. The molecule has 0 aliphatic carbocycles. The summed E-state index contributed by atoms with van der Waals surface area (Å²) in [5, 5.41) is 0. The van der Waals surface area contributed by atoms with E-state index in [1.54, 1.807) is 0 Å². The second-order valence-corrected chi connectivity index (χ2v) is 3.85. The van der Waals surface area contributed by atoms with Crippen LogP contribution in [-0.4, -0.2) is 29.7 Å². The summed E-state index contributed by atoms with van der Waals surface area (Å²) in [6, 6.07) is 0. The molecule has 0 amide bonds. The van der Waals surface area contributed by atoms with Crippen LogP contribution < -0.4 is 9.79 Å². The number of phosphoric ester groups is 1. The average molecular weight is 218 g/mol. The van der Waals surface area contributed by atoms with Gasteiger partial charge in [-0.15, -0.1) is 0 Å². The van der Waals surface area contributed by atoms with E-state index in [1.165, 1.54) is 0 Å². The van der Waals surface area contributed by atoms with E-state index in [0.29, 0.717) is 6.42 Å². The summed E-state index contributed by atoms with van der Waals surface area (Å²) in [5.74, 6) is 0. The zero-order valence-electron chi connectivity index (χ0n) is 8.03. The van der Waals surface area contributed by atoms with Crippen LogP contribution in [0.1, 0.15) is 39.0 Å². The van der Waals surface area contributed by atoms with Crippen LogP contribution >= 0.6 is 7.82 Å². The maximum atomic E-state index is 9.97. The Kier molecular flexibility index (Phi) is 11.8. The predicted octanol–water partition coefficient (Wildman–Crippen LogP) is 0.421. The van der Waals surface area contributed by atoms with Crippen LogP contribution in [0.5, 0.6) is 0 Å². The first-order chi connectivity index (χ1) is 5.56. The van der Waals surface area contributed by atoms with Crippen molar-refractivity contribution in [2.45, 2.75) is 39.0 Å². The first kappa shape index (κ1) is 16.3. The molecule has 0 aromatic carbocycles. The average Bonchev–Trinajstić information content (AvgIpc) is 1.94. The molecule has 0 unspecified atom stereocenters. The van der Waals surface area contributed by atoms with Gasteiger partial charge >= 0.3 is 23.1 Å². The van der Waals surface area contributed by atoms with Gasteiger partial charge < -0.3 is 18.9 Å². The standard InChI is InChI=1S/C7H17O4P.Mg/c1-2-3-4-5-6-7-11-12(8,9)10;/h2-7H2,1H3,(H2,8,9,10);/q;+2/p-2. The van der Waals surface area contributed by atoms with E-state index in [0.717, 1.165) is 25.7 Å². The monoisotopic (exact) mass is 218 g/mol. The van der Waals surface area contributed by atoms with Crippen LogP contribution in [0.15, 0.2) is 0 Å². The zero-order valence-corrected chi connectivity index (χ0v) is 10.3. The molecule has 0 fully saturated rings. The molecule has 0 rings (SSSR count). The molecule has 6 heteroatoms. The summed E-state index contributed by atoms with van der Waals surface area (Å²) in [7, 11) is -4.72. The van der Waals surface area contributed by atoms with Crippen LogP contribution in [-0.2, 0) is 9.09 Å². The second-order valence-electron chi connectivity index (χ2n) is 2.69. The maximum Gasteiger partial charge on any atom is 2.00 e. The van der Waals surface area contributed by atoms with Gasteiger partial charge in [0.05, 0.1) is 14.4 Å². The fourth-order valence-corrected chi connectivity index (χ4v) is 1.23. The molecular formula is C7H15MgO4P. The summed E-state index contributed by atoms with van der Waals surface area (Å²) in [5.41, 5.74) is 0. The van der Waals surface area contributed by atoms with Crippen molar-refractivity contribution in [3.63, 3.8) is 0 Å². The Hall–Kier alpha value is 0.876. The number of rotatable bonds is 7. The number of hydrogen-bond acceptors (Lipinski definition) is 4. The van der Waals surface area contributed by atoms with Crippen LogP contribution in [0.4, 0.5) is 0 Å². The van der Waals surface area contributed by atoms with Crippen molar-refractivity contribution in [2.24, 2.45) is 0 Å². The number of hydrogen-bond donors (Lipinski definition) is 0. The molecule has 0 bridgehead atoms. The van der Waals surface area contributed by atoms with Gasteiger partial charge in [0.25, 0.3) is 0 Å². The molecule has 13 heavy (non-hydrogen) atoms. The van der Waals surface area contributed by atoms with Crippen molar-refractivity contribution in [3.05, 3.63) is 0 Å². The first-order valence-corrected chi connectivity index (χ1v) is 5.69. The van der Waals surface area contributed by atoms with Gasteiger partial charge in [-0.05, 0) is 6.42 Å².